The largest absolute Gasteiger partial charge is 0.373 e. The lowest BCUT2D eigenvalue weighted by molar-refractivity contribution is -0.136. The van der Waals surface area contributed by atoms with Gasteiger partial charge in [0.05, 0.1) is 6.42 Å². The number of amides is 2. The average Bonchev–Trinajstić information content (AvgIpc) is 2.76. The average molecular weight is 287 g/mol. The molecule has 2 amide bonds. The van der Waals surface area contributed by atoms with Gasteiger partial charge in [0.1, 0.15) is 6.04 Å². The third-order valence-electron chi connectivity index (χ3n) is 4.31. The van der Waals surface area contributed by atoms with Crippen molar-refractivity contribution in [3.63, 3.8) is 0 Å². The molecule has 112 valence electrons. The van der Waals surface area contributed by atoms with Crippen molar-refractivity contribution in [1.82, 2.24) is 4.90 Å². The van der Waals surface area contributed by atoms with Gasteiger partial charge in [-0.05, 0) is 43.5 Å². The van der Waals surface area contributed by atoms with E-state index in [1.165, 1.54) is 36.9 Å². The number of benzene rings is 1. The summed E-state index contributed by atoms with van der Waals surface area (Å²) in [6, 6.07) is 7.71. The normalized spacial score (nSPS) is 22.8. The van der Waals surface area contributed by atoms with Gasteiger partial charge in [0.15, 0.2) is 0 Å². The molecule has 0 unspecified atom stereocenters. The van der Waals surface area contributed by atoms with E-state index in [2.05, 4.69) is 22.3 Å². The molecule has 0 aromatic heterocycles. The van der Waals surface area contributed by atoms with Crippen molar-refractivity contribution < 1.29 is 9.59 Å². The predicted octanol–water partition coefficient (Wildman–Crippen LogP) is 1.85. The van der Waals surface area contributed by atoms with Gasteiger partial charge < -0.3 is 10.2 Å². The van der Waals surface area contributed by atoms with Crippen LogP contribution in [0.3, 0.4) is 0 Å². The molecule has 1 aromatic carbocycles. The highest BCUT2D eigenvalue weighted by Gasteiger charge is 2.35. The molecule has 1 N–H and O–H groups in total. The molecule has 5 heteroatoms. The lowest BCUT2D eigenvalue weighted by Crippen LogP contribution is -2.32. The number of hydrogen-bond acceptors (Lipinski definition) is 4. The van der Waals surface area contributed by atoms with Crippen LogP contribution in [0.4, 0.5) is 11.4 Å². The molecule has 2 heterocycles. The number of rotatable bonds is 3. The fourth-order valence-electron chi connectivity index (χ4n) is 2.99. The number of carbonyl (C=O) groups is 2. The Kier molecular flexibility index (Phi) is 3.82. The zero-order chi connectivity index (χ0) is 14.8. The summed E-state index contributed by atoms with van der Waals surface area (Å²) in [7, 11) is 1.53. The van der Waals surface area contributed by atoms with Crippen LogP contribution in [0, 0.1) is 0 Å². The van der Waals surface area contributed by atoms with E-state index in [-0.39, 0.29) is 18.2 Å². The second-order valence-electron chi connectivity index (χ2n) is 5.79. The van der Waals surface area contributed by atoms with Crippen LogP contribution < -0.4 is 10.2 Å². The number of carbonyl (C=O) groups excluding carboxylic acids is 2. The molecule has 2 aliphatic heterocycles. The van der Waals surface area contributed by atoms with Crippen LogP contribution in [0.2, 0.25) is 0 Å². The Bertz CT molecular complexity index is 535. The molecule has 0 aliphatic carbocycles. The number of hydrogen-bond donors (Lipinski definition) is 1. The van der Waals surface area contributed by atoms with Crippen molar-refractivity contribution in [3.05, 3.63) is 24.3 Å². The quantitative estimate of drug-likeness (QED) is 0.862. The Morgan fingerprint density at radius 1 is 1.05 bits per heavy atom. The number of likely N-dealkylation sites (N-methyl/N-ethyl adjacent to an activating group) is 1. The van der Waals surface area contributed by atoms with Crippen LogP contribution in [0.25, 0.3) is 0 Å². The Morgan fingerprint density at radius 3 is 2.29 bits per heavy atom. The van der Waals surface area contributed by atoms with Gasteiger partial charge in [-0.25, -0.2) is 0 Å². The first-order valence-corrected chi connectivity index (χ1v) is 7.57. The van der Waals surface area contributed by atoms with Crippen molar-refractivity contribution in [2.45, 2.75) is 31.7 Å². The van der Waals surface area contributed by atoms with Gasteiger partial charge in [-0.3, -0.25) is 14.5 Å². The lowest BCUT2D eigenvalue weighted by atomic mass is 10.1. The van der Waals surface area contributed by atoms with Crippen molar-refractivity contribution >= 4 is 23.2 Å². The molecule has 3 rings (SSSR count). The van der Waals surface area contributed by atoms with Crippen LogP contribution >= 0.6 is 0 Å². The van der Waals surface area contributed by atoms with Gasteiger partial charge in [-0.15, -0.1) is 0 Å². The van der Waals surface area contributed by atoms with Crippen molar-refractivity contribution in [2.75, 3.05) is 30.4 Å². The lowest BCUT2D eigenvalue weighted by Gasteiger charge is -2.29. The van der Waals surface area contributed by atoms with Crippen LogP contribution in [-0.4, -0.2) is 42.9 Å². The predicted molar refractivity (Wildman–Crippen MR) is 82.3 cm³/mol. The second kappa shape index (κ2) is 5.76. The first-order valence-electron chi connectivity index (χ1n) is 7.57. The van der Waals surface area contributed by atoms with E-state index >= 15 is 0 Å². The summed E-state index contributed by atoms with van der Waals surface area (Å²) in [4.78, 5) is 27.0. The molecule has 2 saturated heterocycles. The number of anilines is 2. The molecule has 1 aromatic rings. The number of imide groups is 1. The molecule has 1 atom stereocenters. The fraction of sp³-hybridized carbons (Fsp3) is 0.500. The molecular weight excluding hydrogens is 266 g/mol. The third-order valence-corrected chi connectivity index (χ3v) is 4.31. The molecule has 0 spiro atoms. The number of nitrogens with zero attached hydrogens (tertiary/aromatic N) is 2. The SMILES string of the molecule is CN1C(=O)C[C@H](Nc2ccc(N3CCCCC3)cc2)C1=O. The van der Waals surface area contributed by atoms with Gasteiger partial charge in [-0.2, -0.15) is 0 Å². The van der Waals surface area contributed by atoms with Crippen molar-refractivity contribution in [1.29, 1.82) is 0 Å². The molecule has 21 heavy (non-hydrogen) atoms. The van der Waals surface area contributed by atoms with Crippen LogP contribution in [0.5, 0.6) is 0 Å². The highest BCUT2D eigenvalue weighted by molar-refractivity contribution is 6.06. The van der Waals surface area contributed by atoms with Gasteiger partial charge in [-0.1, -0.05) is 0 Å². The Balaban J connectivity index is 1.64. The van der Waals surface area contributed by atoms with E-state index in [0.717, 1.165) is 18.8 Å². The summed E-state index contributed by atoms with van der Waals surface area (Å²) in [5.74, 6) is -0.275. The van der Waals surface area contributed by atoms with E-state index < -0.39 is 6.04 Å². The standard InChI is InChI=1S/C16H21N3O2/c1-18-15(20)11-14(16(18)21)17-12-5-7-13(8-6-12)19-9-3-2-4-10-19/h5-8,14,17H,2-4,9-11H2,1H3/t14-/m0/s1. The first-order chi connectivity index (χ1) is 10.1. The number of piperidine rings is 1. The smallest absolute Gasteiger partial charge is 0.251 e. The Hall–Kier alpha value is -2.04. The minimum atomic E-state index is -0.427. The fourth-order valence-corrected chi connectivity index (χ4v) is 2.99. The highest BCUT2D eigenvalue weighted by atomic mass is 16.2. The van der Waals surface area contributed by atoms with Crippen LogP contribution in [0.1, 0.15) is 25.7 Å². The zero-order valence-corrected chi connectivity index (χ0v) is 12.3. The second-order valence-corrected chi connectivity index (χ2v) is 5.79. The van der Waals surface area contributed by atoms with E-state index in [9.17, 15) is 9.59 Å². The van der Waals surface area contributed by atoms with Crippen molar-refractivity contribution in [2.24, 2.45) is 0 Å². The third kappa shape index (κ3) is 2.86. The van der Waals surface area contributed by atoms with Gasteiger partial charge in [0.25, 0.3) is 5.91 Å². The molecular formula is C16H21N3O2. The molecule has 0 saturated carbocycles. The number of likely N-dealkylation sites (tertiary alicyclic amines) is 1. The summed E-state index contributed by atoms with van der Waals surface area (Å²) < 4.78 is 0. The monoisotopic (exact) mass is 287 g/mol. The Labute approximate surface area is 124 Å². The molecule has 2 aliphatic rings. The maximum absolute atomic E-state index is 11.9. The van der Waals surface area contributed by atoms with Gasteiger partial charge in [0.2, 0.25) is 5.91 Å². The van der Waals surface area contributed by atoms with Crippen molar-refractivity contribution in [3.8, 4) is 0 Å². The minimum Gasteiger partial charge on any atom is -0.373 e. The first kappa shape index (κ1) is 13.9. The summed E-state index contributed by atoms with van der Waals surface area (Å²) in [6.07, 6.45) is 4.07. The maximum Gasteiger partial charge on any atom is 0.251 e. The van der Waals surface area contributed by atoms with E-state index in [0.29, 0.717) is 0 Å². The highest BCUT2D eigenvalue weighted by Crippen LogP contribution is 2.23. The van der Waals surface area contributed by atoms with E-state index in [1.807, 2.05) is 12.1 Å². The van der Waals surface area contributed by atoms with E-state index in [4.69, 9.17) is 0 Å². The van der Waals surface area contributed by atoms with E-state index in [1.54, 1.807) is 0 Å². The molecule has 0 radical (unpaired) electrons. The zero-order valence-electron chi connectivity index (χ0n) is 12.3. The molecule has 5 nitrogen and oxygen atoms in total. The van der Waals surface area contributed by atoms with Gasteiger partial charge >= 0.3 is 0 Å². The minimum absolute atomic E-state index is 0.123. The molecule has 0 bridgehead atoms. The van der Waals surface area contributed by atoms with Crippen LogP contribution in [-0.2, 0) is 9.59 Å². The summed E-state index contributed by atoms with van der Waals surface area (Å²) in [5, 5.41) is 3.15. The topological polar surface area (TPSA) is 52.7 Å². The molecule has 2 fully saturated rings. The summed E-state index contributed by atoms with van der Waals surface area (Å²) in [5.41, 5.74) is 2.11. The summed E-state index contributed by atoms with van der Waals surface area (Å²) in [6.45, 7) is 2.24. The van der Waals surface area contributed by atoms with Crippen LogP contribution in [0.15, 0.2) is 24.3 Å². The summed E-state index contributed by atoms with van der Waals surface area (Å²) >= 11 is 0. The Morgan fingerprint density at radius 2 is 1.71 bits per heavy atom. The number of nitrogens with one attached hydrogen (secondary N) is 1. The maximum atomic E-state index is 11.9. The van der Waals surface area contributed by atoms with Gasteiger partial charge in [0, 0.05) is 31.5 Å².